The molecule has 2 nitrogen and oxygen atoms in total. The average Bonchev–Trinajstić information content (AvgIpc) is 2.88. The van der Waals surface area contributed by atoms with Gasteiger partial charge in [0, 0.05) is 11.3 Å². The second-order valence-electron chi connectivity index (χ2n) is 7.17. The molecular formula is C20H27N2+. The summed E-state index contributed by atoms with van der Waals surface area (Å²) in [5.41, 5.74) is 5.12. The largest absolute Gasteiger partial charge is 0.289 e. The van der Waals surface area contributed by atoms with Gasteiger partial charge in [0.15, 0.2) is 0 Å². The van der Waals surface area contributed by atoms with Crippen molar-refractivity contribution in [1.82, 2.24) is 4.57 Å². The Morgan fingerprint density at radius 3 is 2.64 bits per heavy atom. The lowest BCUT2D eigenvalue weighted by Gasteiger charge is -2.28. The second-order valence-corrected chi connectivity index (χ2v) is 7.17. The average molecular weight is 295 g/mol. The van der Waals surface area contributed by atoms with Crippen LogP contribution in [0.2, 0.25) is 0 Å². The molecule has 0 saturated heterocycles. The van der Waals surface area contributed by atoms with Gasteiger partial charge >= 0.3 is 0 Å². The van der Waals surface area contributed by atoms with E-state index in [2.05, 4.69) is 74.3 Å². The molecule has 0 N–H and O–H groups in total. The summed E-state index contributed by atoms with van der Waals surface area (Å²) in [6.07, 6.45) is 6.91. The van der Waals surface area contributed by atoms with Crippen LogP contribution in [0.1, 0.15) is 52.2 Å². The fraction of sp³-hybridized carbons (Fsp3) is 0.550. The number of benzene rings is 1. The van der Waals surface area contributed by atoms with Crippen molar-refractivity contribution >= 4 is 0 Å². The SMILES string of the molecule is CCc1cccc2c1-c1n(cc[n+]1CC)C1(CC)C(C)C21C. The van der Waals surface area contributed by atoms with E-state index in [0.29, 0.717) is 5.92 Å². The van der Waals surface area contributed by atoms with E-state index in [4.69, 9.17) is 0 Å². The first-order valence-corrected chi connectivity index (χ1v) is 8.81. The van der Waals surface area contributed by atoms with E-state index in [0.717, 1.165) is 13.0 Å². The second kappa shape index (κ2) is 4.24. The molecule has 2 aromatic rings. The number of hydrogen-bond donors (Lipinski definition) is 0. The summed E-state index contributed by atoms with van der Waals surface area (Å²) in [7, 11) is 0. The van der Waals surface area contributed by atoms with Gasteiger partial charge in [0.05, 0.1) is 12.1 Å². The minimum Gasteiger partial charge on any atom is -0.230 e. The predicted octanol–water partition coefficient (Wildman–Crippen LogP) is 4.05. The van der Waals surface area contributed by atoms with E-state index in [9.17, 15) is 0 Å². The Labute approximate surface area is 133 Å². The van der Waals surface area contributed by atoms with E-state index in [1.165, 1.54) is 23.4 Å². The van der Waals surface area contributed by atoms with Gasteiger partial charge in [-0.05, 0) is 30.9 Å². The van der Waals surface area contributed by atoms with Crippen LogP contribution >= 0.6 is 0 Å². The molecule has 2 heteroatoms. The highest BCUT2D eigenvalue weighted by Gasteiger charge is 2.78. The van der Waals surface area contributed by atoms with Gasteiger partial charge in [-0.2, -0.15) is 0 Å². The molecule has 0 amide bonds. The van der Waals surface area contributed by atoms with Gasteiger partial charge in [-0.15, -0.1) is 0 Å². The third-order valence-corrected chi connectivity index (χ3v) is 6.92. The third-order valence-electron chi connectivity index (χ3n) is 6.92. The summed E-state index contributed by atoms with van der Waals surface area (Å²) in [4.78, 5) is 0. The maximum Gasteiger partial charge on any atom is 0.289 e. The summed E-state index contributed by atoms with van der Waals surface area (Å²) >= 11 is 0. The third kappa shape index (κ3) is 1.23. The minimum atomic E-state index is 0.266. The number of aromatic nitrogens is 2. The molecule has 1 aromatic carbocycles. The van der Waals surface area contributed by atoms with Crippen LogP contribution < -0.4 is 4.57 Å². The number of hydrogen-bond acceptors (Lipinski definition) is 0. The molecule has 2 heterocycles. The molecule has 1 aliphatic heterocycles. The lowest BCUT2D eigenvalue weighted by atomic mass is 9.81. The standard InChI is InChI=1S/C20H27N2/c1-6-15-10-9-11-16-17(15)18-21(8-3)12-13-22(18)20(7-2)14(4)19(16,20)5/h9-14H,6-8H2,1-5H3/q+1. The van der Waals surface area contributed by atoms with Crippen molar-refractivity contribution in [3.8, 4) is 11.4 Å². The fourth-order valence-corrected chi connectivity index (χ4v) is 5.54. The Balaban J connectivity index is 2.13. The van der Waals surface area contributed by atoms with Crippen LogP contribution in [0.25, 0.3) is 11.4 Å². The highest BCUT2D eigenvalue weighted by atomic mass is 15.3. The van der Waals surface area contributed by atoms with Crippen LogP contribution in [0.4, 0.5) is 0 Å². The Bertz CT molecular complexity index is 757. The quantitative estimate of drug-likeness (QED) is 0.755. The Morgan fingerprint density at radius 1 is 1.23 bits per heavy atom. The zero-order valence-electron chi connectivity index (χ0n) is 14.5. The van der Waals surface area contributed by atoms with Crippen molar-refractivity contribution in [2.24, 2.45) is 5.92 Å². The molecule has 116 valence electrons. The van der Waals surface area contributed by atoms with Crippen LogP contribution in [-0.2, 0) is 23.9 Å². The summed E-state index contributed by atoms with van der Waals surface area (Å²) in [5, 5.41) is 0. The molecule has 2 aliphatic rings. The van der Waals surface area contributed by atoms with Gasteiger partial charge in [-0.3, -0.25) is 0 Å². The molecule has 1 saturated carbocycles. The monoisotopic (exact) mass is 295 g/mol. The Kier molecular flexibility index (Phi) is 2.71. The number of rotatable bonds is 3. The molecular weight excluding hydrogens is 268 g/mol. The zero-order valence-corrected chi connectivity index (χ0v) is 14.5. The van der Waals surface area contributed by atoms with Gasteiger partial charge in [0.1, 0.15) is 17.9 Å². The molecule has 3 atom stereocenters. The van der Waals surface area contributed by atoms with Crippen molar-refractivity contribution in [3.63, 3.8) is 0 Å². The summed E-state index contributed by atoms with van der Waals surface area (Å²) in [6, 6.07) is 6.97. The smallest absolute Gasteiger partial charge is 0.230 e. The molecule has 1 aromatic heterocycles. The highest BCUT2D eigenvalue weighted by Crippen LogP contribution is 2.72. The van der Waals surface area contributed by atoms with Gasteiger partial charge in [-0.25, -0.2) is 9.13 Å². The van der Waals surface area contributed by atoms with Gasteiger partial charge in [0.25, 0.3) is 5.82 Å². The first kappa shape index (κ1) is 14.0. The summed E-state index contributed by atoms with van der Waals surface area (Å²) in [5.74, 6) is 2.12. The number of aryl methyl sites for hydroxylation is 2. The number of nitrogens with zero attached hydrogens (tertiary/aromatic N) is 2. The molecule has 4 rings (SSSR count). The van der Waals surface area contributed by atoms with Crippen LogP contribution in [0.3, 0.4) is 0 Å². The lowest BCUT2D eigenvalue weighted by molar-refractivity contribution is -0.682. The van der Waals surface area contributed by atoms with Gasteiger partial charge in [0.2, 0.25) is 0 Å². The van der Waals surface area contributed by atoms with Crippen LogP contribution in [-0.4, -0.2) is 4.57 Å². The Morgan fingerprint density at radius 2 is 2.00 bits per heavy atom. The fourth-order valence-electron chi connectivity index (χ4n) is 5.54. The summed E-state index contributed by atoms with van der Waals surface area (Å²) < 4.78 is 5.04. The molecule has 1 fully saturated rings. The molecule has 0 radical (unpaired) electrons. The highest BCUT2D eigenvalue weighted by molar-refractivity contribution is 5.72. The van der Waals surface area contributed by atoms with Crippen LogP contribution in [0, 0.1) is 5.92 Å². The predicted molar refractivity (Wildman–Crippen MR) is 89.9 cm³/mol. The molecule has 0 bridgehead atoms. The maximum absolute atomic E-state index is 2.61. The van der Waals surface area contributed by atoms with E-state index >= 15 is 0 Å². The normalized spacial score (nSPS) is 31.4. The molecule has 22 heavy (non-hydrogen) atoms. The van der Waals surface area contributed by atoms with Gasteiger partial charge < -0.3 is 0 Å². The molecule has 0 spiro atoms. The minimum absolute atomic E-state index is 0.266. The van der Waals surface area contributed by atoms with Crippen molar-refractivity contribution in [2.45, 2.75) is 65.0 Å². The van der Waals surface area contributed by atoms with Crippen LogP contribution in [0.5, 0.6) is 0 Å². The van der Waals surface area contributed by atoms with E-state index in [1.54, 1.807) is 5.56 Å². The van der Waals surface area contributed by atoms with Crippen molar-refractivity contribution in [3.05, 3.63) is 41.7 Å². The number of imidazole rings is 1. The topological polar surface area (TPSA) is 8.81 Å². The molecule has 1 aliphatic carbocycles. The summed E-state index contributed by atoms with van der Waals surface area (Å²) in [6.45, 7) is 12.8. The van der Waals surface area contributed by atoms with E-state index < -0.39 is 0 Å². The first-order valence-electron chi connectivity index (χ1n) is 8.81. The van der Waals surface area contributed by atoms with Crippen molar-refractivity contribution < 1.29 is 4.57 Å². The molecule has 3 unspecified atom stereocenters. The van der Waals surface area contributed by atoms with Gasteiger partial charge in [-0.1, -0.05) is 45.9 Å². The van der Waals surface area contributed by atoms with E-state index in [1.807, 2.05) is 0 Å². The van der Waals surface area contributed by atoms with E-state index in [-0.39, 0.29) is 11.0 Å². The van der Waals surface area contributed by atoms with Crippen molar-refractivity contribution in [1.29, 1.82) is 0 Å². The Hall–Kier alpha value is -1.57. The maximum atomic E-state index is 2.61. The first-order chi connectivity index (χ1) is 10.6. The zero-order chi connectivity index (χ0) is 15.7. The lowest BCUT2D eigenvalue weighted by Crippen LogP contribution is -2.40. The number of fused-ring (bicyclic) bond motifs is 6. The van der Waals surface area contributed by atoms with Crippen LogP contribution in [0.15, 0.2) is 30.6 Å². The van der Waals surface area contributed by atoms with Crippen molar-refractivity contribution in [2.75, 3.05) is 0 Å².